The van der Waals surface area contributed by atoms with Gasteiger partial charge in [-0.3, -0.25) is 4.79 Å². The summed E-state index contributed by atoms with van der Waals surface area (Å²) in [5.74, 6) is 0. The van der Waals surface area contributed by atoms with Crippen LogP contribution in [0.1, 0.15) is 5.56 Å². The van der Waals surface area contributed by atoms with Crippen molar-refractivity contribution in [3.63, 3.8) is 0 Å². The molecule has 0 spiro atoms. The smallest absolute Gasteiger partial charge is 0.283 e. The highest BCUT2D eigenvalue weighted by Crippen LogP contribution is 2.18. The fraction of sp³-hybridized carbons (Fsp3) is 0.364. The molecule has 1 N–H and O–H groups in total. The molecule has 0 saturated carbocycles. The third-order valence-electron chi connectivity index (χ3n) is 1.87. The molecule has 0 radical (unpaired) electrons. The lowest BCUT2D eigenvalue weighted by atomic mass is 10.2. The van der Waals surface area contributed by atoms with Crippen molar-refractivity contribution in [2.75, 3.05) is 11.9 Å². The zero-order valence-corrected chi connectivity index (χ0v) is 12.9. The van der Waals surface area contributed by atoms with E-state index < -0.39 is 0 Å². The number of rotatable bonds is 4. The number of hydrogen-bond acceptors (Lipinski definition) is 2. The zero-order valence-electron chi connectivity index (χ0n) is 8.87. The highest BCUT2D eigenvalue weighted by Gasteiger charge is 2.06. The quantitative estimate of drug-likeness (QED) is 0.645. The van der Waals surface area contributed by atoms with Gasteiger partial charge in [0, 0.05) is 21.6 Å². The molecule has 1 rings (SSSR count). The van der Waals surface area contributed by atoms with Gasteiger partial charge in [0.15, 0.2) is 0 Å². The second-order valence-corrected chi connectivity index (χ2v) is 6.32. The first-order valence-corrected chi connectivity index (χ1v) is 7.69. The van der Waals surface area contributed by atoms with Gasteiger partial charge in [-0.1, -0.05) is 49.6 Å². The summed E-state index contributed by atoms with van der Waals surface area (Å²) < 4.78 is 0. The van der Waals surface area contributed by atoms with Gasteiger partial charge < -0.3 is 5.32 Å². The first kappa shape index (κ1) is 14.1. The highest BCUT2D eigenvalue weighted by molar-refractivity contribution is 9.12. The number of halogens is 2. The Balaban J connectivity index is 2.37. The Morgan fingerprint density at radius 2 is 2.06 bits per heavy atom. The largest absolute Gasteiger partial charge is 0.346 e. The molecule has 0 aromatic heterocycles. The van der Waals surface area contributed by atoms with E-state index in [9.17, 15) is 4.79 Å². The van der Waals surface area contributed by atoms with Crippen LogP contribution in [0.4, 0.5) is 4.79 Å². The van der Waals surface area contributed by atoms with Crippen molar-refractivity contribution < 1.29 is 4.79 Å². The maximum atomic E-state index is 11.5. The van der Waals surface area contributed by atoms with Gasteiger partial charge in [-0.15, -0.1) is 0 Å². The second kappa shape index (κ2) is 7.35. The Kier molecular flexibility index (Phi) is 6.46. The van der Waals surface area contributed by atoms with E-state index in [1.165, 1.54) is 17.3 Å². The molecule has 1 aromatic carbocycles. The van der Waals surface area contributed by atoms with Crippen molar-refractivity contribution >= 4 is 48.9 Å². The Morgan fingerprint density at radius 3 is 2.62 bits per heavy atom. The van der Waals surface area contributed by atoms with E-state index in [-0.39, 0.29) is 10.1 Å². The number of aryl methyl sites for hydroxylation is 1. The van der Waals surface area contributed by atoms with Gasteiger partial charge >= 0.3 is 0 Å². The summed E-state index contributed by atoms with van der Waals surface area (Å²) in [6.07, 6.45) is 0. The van der Waals surface area contributed by atoms with Gasteiger partial charge in [-0.05, 0) is 30.8 Å². The molecule has 0 aliphatic heterocycles. The summed E-state index contributed by atoms with van der Waals surface area (Å²) in [4.78, 5) is 12.8. The maximum absolute atomic E-state index is 11.5. The first-order chi connectivity index (χ1) is 7.61. The first-order valence-electron chi connectivity index (χ1n) is 4.84. The molecule has 2 nitrogen and oxygen atoms in total. The fourth-order valence-corrected chi connectivity index (χ4v) is 2.03. The number of hydrogen-bond donors (Lipinski definition) is 1. The minimum absolute atomic E-state index is 0.0192. The van der Waals surface area contributed by atoms with E-state index in [1.54, 1.807) is 0 Å². The monoisotopic (exact) mass is 365 g/mol. The predicted molar refractivity (Wildman–Crippen MR) is 76.9 cm³/mol. The van der Waals surface area contributed by atoms with E-state index in [0.717, 1.165) is 10.2 Å². The number of amides is 1. The van der Waals surface area contributed by atoms with Gasteiger partial charge in [0.05, 0.1) is 0 Å². The van der Waals surface area contributed by atoms with Crippen LogP contribution in [-0.2, 0) is 0 Å². The van der Waals surface area contributed by atoms with Crippen LogP contribution >= 0.6 is 43.6 Å². The average molecular weight is 367 g/mol. The summed E-state index contributed by atoms with van der Waals surface area (Å²) in [5, 5.41) is 3.65. The normalized spacial score (nSPS) is 12.2. The van der Waals surface area contributed by atoms with Gasteiger partial charge in [0.1, 0.15) is 0 Å². The lowest BCUT2D eigenvalue weighted by Crippen LogP contribution is -2.26. The lowest BCUT2D eigenvalue weighted by molar-refractivity contribution is 0.261. The van der Waals surface area contributed by atoms with Crippen LogP contribution in [0.15, 0.2) is 29.2 Å². The third kappa shape index (κ3) is 5.37. The Bertz CT molecular complexity index is 342. The number of alkyl halides is 2. The summed E-state index contributed by atoms with van der Waals surface area (Å²) in [6, 6.07) is 7.91. The average Bonchev–Trinajstić information content (AvgIpc) is 2.29. The van der Waals surface area contributed by atoms with Crippen LogP contribution in [0, 0.1) is 6.92 Å². The molecule has 16 heavy (non-hydrogen) atoms. The van der Waals surface area contributed by atoms with E-state index in [4.69, 9.17) is 0 Å². The van der Waals surface area contributed by atoms with Crippen molar-refractivity contribution in [3.05, 3.63) is 29.8 Å². The molecule has 1 atom stereocenters. The molecule has 1 amide bonds. The van der Waals surface area contributed by atoms with Gasteiger partial charge in [-0.25, -0.2) is 0 Å². The van der Waals surface area contributed by atoms with Crippen molar-refractivity contribution in [1.82, 2.24) is 5.32 Å². The van der Waals surface area contributed by atoms with E-state index in [0.29, 0.717) is 6.54 Å². The SMILES string of the molecule is Cc1ccc(SC(=O)NCC(Br)CBr)cc1. The summed E-state index contributed by atoms with van der Waals surface area (Å²) >= 11 is 7.98. The molecular formula is C11H13Br2NOS. The second-order valence-electron chi connectivity index (χ2n) is 3.34. The lowest BCUT2D eigenvalue weighted by Gasteiger charge is -2.07. The molecule has 5 heteroatoms. The number of carbonyl (C=O) groups is 1. The Hall–Kier alpha value is 0. The summed E-state index contributed by atoms with van der Waals surface area (Å²) in [6.45, 7) is 2.66. The molecule has 0 fully saturated rings. The number of carbonyl (C=O) groups excluding carboxylic acids is 1. The van der Waals surface area contributed by atoms with Crippen molar-refractivity contribution in [1.29, 1.82) is 0 Å². The van der Waals surface area contributed by atoms with Crippen LogP contribution in [0.25, 0.3) is 0 Å². The minimum Gasteiger partial charge on any atom is -0.346 e. The van der Waals surface area contributed by atoms with E-state index >= 15 is 0 Å². The topological polar surface area (TPSA) is 29.1 Å². The van der Waals surface area contributed by atoms with Crippen LogP contribution in [0.5, 0.6) is 0 Å². The Labute approximate surface area is 117 Å². The molecule has 0 saturated heterocycles. The molecule has 1 unspecified atom stereocenters. The zero-order chi connectivity index (χ0) is 12.0. The number of benzene rings is 1. The van der Waals surface area contributed by atoms with E-state index in [1.807, 2.05) is 31.2 Å². The van der Waals surface area contributed by atoms with Gasteiger partial charge in [-0.2, -0.15) is 0 Å². The predicted octanol–water partition coefficient (Wildman–Crippen LogP) is 3.96. The van der Waals surface area contributed by atoms with E-state index in [2.05, 4.69) is 37.2 Å². The molecule has 1 aromatic rings. The molecule has 0 bridgehead atoms. The molecule has 88 valence electrons. The third-order valence-corrected chi connectivity index (χ3v) is 5.00. The Morgan fingerprint density at radius 1 is 1.44 bits per heavy atom. The summed E-state index contributed by atoms with van der Waals surface area (Å²) in [7, 11) is 0. The van der Waals surface area contributed by atoms with Gasteiger partial charge in [0.25, 0.3) is 5.24 Å². The maximum Gasteiger partial charge on any atom is 0.283 e. The molecule has 0 heterocycles. The van der Waals surface area contributed by atoms with Crippen LogP contribution < -0.4 is 5.32 Å². The minimum atomic E-state index is -0.0192. The van der Waals surface area contributed by atoms with Crippen LogP contribution in [0.2, 0.25) is 0 Å². The van der Waals surface area contributed by atoms with Crippen molar-refractivity contribution in [2.45, 2.75) is 16.6 Å². The van der Waals surface area contributed by atoms with Gasteiger partial charge in [0.2, 0.25) is 0 Å². The van der Waals surface area contributed by atoms with Crippen molar-refractivity contribution in [3.8, 4) is 0 Å². The van der Waals surface area contributed by atoms with Crippen LogP contribution in [-0.4, -0.2) is 21.9 Å². The molecular weight excluding hydrogens is 354 g/mol. The standard InChI is InChI=1S/C11H13Br2NOS/c1-8-2-4-10(5-3-8)16-11(15)14-7-9(13)6-12/h2-5,9H,6-7H2,1H3,(H,14,15). The van der Waals surface area contributed by atoms with Crippen molar-refractivity contribution in [2.24, 2.45) is 0 Å². The fourth-order valence-electron chi connectivity index (χ4n) is 0.998. The number of nitrogens with one attached hydrogen (secondary N) is 1. The molecule has 0 aliphatic rings. The molecule has 0 aliphatic carbocycles. The van der Waals surface area contributed by atoms with Crippen LogP contribution in [0.3, 0.4) is 0 Å². The number of thioether (sulfide) groups is 1. The summed E-state index contributed by atoms with van der Waals surface area (Å²) in [5.41, 5.74) is 1.20. The highest BCUT2D eigenvalue weighted by atomic mass is 79.9.